The van der Waals surface area contributed by atoms with Gasteiger partial charge in [-0.3, -0.25) is 4.68 Å². The van der Waals surface area contributed by atoms with Crippen molar-refractivity contribution in [1.29, 1.82) is 0 Å². The molecule has 0 aliphatic heterocycles. The van der Waals surface area contributed by atoms with Crippen LogP contribution in [0.15, 0.2) is 12.3 Å². The number of rotatable bonds is 6. The van der Waals surface area contributed by atoms with Crippen molar-refractivity contribution >= 4 is 11.8 Å². The van der Waals surface area contributed by atoms with Gasteiger partial charge in [0.05, 0.1) is 11.7 Å². The van der Waals surface area contributed by atoms with E-state index in [2.05, 4.69) is 28.5 Å². The van der Waals surface area contributed by atoms with Gasteiger partial charge in [-0.1, -0.05) is 12.8 Å². The largest absolute Gasteiger partial charge is 0.310 e. The number of hydrogen-bond acceptors (Lipinski definition) is 3. The molecular formula is C14H23N3S. The second-order valence-electron chi connectivity index (χ2n) is 5.72. The summed E-state index contributed by atoms with van der Waals surface area (Å²) in [6, 6.07) is 2.84. The molecule has 1 heterocycles. The lowest BCUT2D eigenvalue weighted by Crippen LogP contribution is -2.25. The van der Waals surface area contributed by atoms with E-state index in [1.165, 1.54) is 44.2 Å². The Balaban J connectivity index is 1.48. The van der Waals surface area contributed by atoms with Gasteiger partial charge in [0, 0.05) is 24.0 Å². The Bertz CT molecular complexity index is 391. The summed E-state index contributed by atoms with van der Waals surface area (Å²) in [6.45, 7) is 2.05. The fraction of sp³-hybridized carbons (Fsp3) is 0.786. The van der Waals surface area contributed by atoms with Gasteiger partial charge in [-0.2, -0.15) is 16.9 Å². The molecule has 2 aliphatic carbocycles. The monoisotopic (exact) mass is 265 g/mol. The maximum absolute atomic E-state index is 4.71. The van der Waals surface area contributed by atoms with Crippen LogP contribution in [-0.4, -0.2) is 27.3 Å². The minimum Gasteiger partial charge on any atom is -0.310 e. The van der Waals surface area contributed by atoms with Crippen LogP contribution >= 0.6 is 11.8 Å². The number of aromatic nitrogens is 2. The minimum absolute atomic E-state index is 0.550. The first-order valence-electron chi connectivity index (χ1n) is 7.11. The Labute approximate surface area is 114 Å². The summed E-state index contributed by atoms with van der Waals surface area (Å²) in [5, 5.41) is 8.27. The van der Waals surface area contributed by atoms with E-state index >= 15 is 0 Å². The van der Waals surface area contributed by atoms with Crippen molar-refractivity contribution < 1.29 is 0 Å². The molecule has 1 aromatic rings. The lowest BCUT2D eigenvalue weighted by Gasteiger charge is -2.12. The van der Waals surface area contributed by atoms with Crippen molar-refractivity contribution in [1.82, 2.24) is 15.1 Å². The zero-order chi connectivity index (χ0) is 12.4. The van der Waals surface area contributed by atoms with Crippen LogP contribution in [0.2, 0.25) is 0 Å². The summed E-state index contributed by atoms with van der Waals surface area (Å²) in [6.07, 6.45) is 12.5. The highest BCUT2D eigenvalue weighted by molar-refractivity contribution is 8.00. The molecule has 3 rings (SSSR count). The van der Waals surface area contributed by atoms with E-state index in [0.717, 1.165) is 13.1 Å². The molecule has 0 unspecified atom stereocenters. The van der Waals surface area contributed by atoms with E-state index in [1.807, 2.05) is 11.8 Å². The number of nitrogens with one attached hydrogen (secondary N) is 1. The number of nitrogens with zero attached hydrogens (tertiary/aromatic N) is 2. The maximum Gasteiger partial charge on any atom is 0.0762 e. The summed E-state index contributed by atoms with van der Waals surface area (Å²) in [4.78, 5) is 0. The van der Waals surface area contributed by atoms with Crippen molar-refractivity contribution in [3.8, 4) is 0 Å². The first kappa shape index (κ1) is 12.5. The molecule has 0 atom stereocenters. The zero-order valence-electron chi connectivity index (χ0n) is 11.2. The zero-order valence-corrected chi connectivity index (χ0v) is 12.0. The van der Waals surface area contributed by atoms with Crippen molar-refractivity contribution in [2.45, 2.75) is 55.9 Å². The molecule has 2 fully saturated rings. The van der Waals surface area contributed by atoms with E-state index in [4.69, 9.17) is 5.10 Å². The Kier molecular flexibility index (Phi) is 3.66. The summed E-state index contributed by atoms with van der Waals surface area (Å²) in [7, 11) is 0. The fourth-order valence-electron chi connectivity index (χ4n) is 2.85. The topological polar surface area (TPSA) is 29.9 Å². The van der Waals surface area contributed by atoms with Crippen molar-refractivity contribution in [3.05, 3.63) is 18.0 Å². The molecule has 1 N–H and O–H groups in total. The molecule has 4 heteroatoms. The molecule has 100 valence electrons. The van der Waals surface area contributed by atoms with Crippen LogP contribution in [0.4, 0.5) is 0 Å². The van der Waals surface area contributed by atoms with E-state index in [-0.39, 0.29) is 0 Å². The second kappa shape index (κ2) is 5.25. The number of hydrogen-bond donors (Lipinski definition) is 1. The predicted molar refractivity (Wildman–Crippen MR) is 76.9 cm³/mol. The molecule has 0 amide bonds. The molecule has 0 aromatic carbocycles. The van der Waals surface area contributed by atoms with Gasteiger partial charge in [0.1, 0.15) is 0 Å². The third-order valence-electron chi connectivity index (χ3n) is 4.36. The molecule has 1 aromatic heterocycles. The van der Waals surface area contributed by atoms with Crippen LogP contribution in [0.5, 0.6) is 0 Å². The SMILES string of the molecule is CSC1(CNCc2ccn(C3CCCC3)n2)CC1. The van der Waals surface area contributed by atoms with Crippen LogP contribution < -0.4 is 5.32 Å². The van der Waals surface area contributed by atoms with Gasteiger partial charge in [-0.15, -0.1) is 0 Å². The van der Waals surface area contributed by atoms with Crippen LogP contribution in [0.25, 0.3) is 0 Å². The fourth-order valence-corrected chi connectivity index (χ4v) is 3.61. The highest BCUT2D eigenvalue weighted by atomic mass is 32.2. The first-order valence-corrected chi connectivity index (χ1v) is 8.34. The lowest BCUT2D eigenvalue weighted by atomic mass is 10.3. The Morgan fingerprint density at radius 1 is 1.44 bits per heavy atom. The van der Waals surface area contributed by atoms with Gasteiger partial charge >= 0.3 is 0 Å². The average molecular weight is 265 g/mol. The molecule has 0 bridgehead atoms. The predicted octanol–water partition coefficient (Wildman–Crippen LogP) is 2.98. The summed E-state index contributed by atoms with van der Waals surface area (Å²) >= 11 is 2.01. The highest BCUT2D eigenvalue weighted by Gasteiger charge is 2.41. The Morgan fingerprint density at radius 2 is 2.22 bits per heavy atom. The smallest absolute Gasteiger partial charge is 0.0762 e. The van der Waals surface area contributed by atoms with Crippen molar-refractivity contribution in [2.75, 3.05) is 12.8 Å². The summed E-state index contributed by atoms with van der Waals surface area (Å²) in [5.41, 5.74) is 1.19. The van der Waals surface area contributed by atoms with E-state index in [9.17, 15) is 0 Å². The normalized spacial score (nSPS) is 22.5. The molecule has 0 radical (unpaired) electrons. The third kappa shape index (κ3) is 2.75. The third-order valence-corrected chi connectivity index (χ3v) is 5.77. The molecule has 3 nitrogen and oxygen atoms in total. The van der Waals surface area contributed by atoms with Crippen molar-refractivity contribution in [2.24, 2.45) is 0 Å². The van der Waals surface area contributed by atoms with Gasteiger partial charge in [0.15, 0.2) is 0 Å². The van der Waals surface area contributed by atoms with Crippen molar-refractivity contribution in [3.63, 3.8) is 0 Å². The highest BCUT2D eigenvalue weighted by Crippen LogP contribution is 2.46. The summed E-state index contributed by atoms with van der Waals surface area (Å²) < 4.78 is 2.74. The molecule has 18 heavy (non-hydrogen) atoms. The molecular weight excluding hydrogens is 242 g/mol. The number of thioether (sulfide) groups is 1. The van der Waals surface area contributed by atoms with Gasteiger partial charge in [-0.05, 0) is 38.0 Å². The van der Waals surface area contributed by atoms with Gasteiger partial charge < -0.3 is 5.32 Å². The minimum atomic E-state index is 0.550. The van der Waals surface area contributed by atoms with Gasteiger partial charge in [0.2, 0.25) is 0 Å². The van der Waals surface area contributed by atoms with E-state index in [0.29, 0.717) is 10.8 Å². The Morgan fingerprint density at radius 3 is 2.89 bits per heavy atom. The quantitative estimate of drug-likeness (QED) is 0.857. The van der Waals surface area contributed by atoms with Gasteiger partial charge in [-0.25, -0.2) is 0 Å². The standard InChI is InChI=1S/C14H23N3S/c1-18-14(7-8-14)11-15-10-12-6-9-17(16-12)13-4-2-3-5-13/h6,9,13,15H,2-5,7-8,10-11H2,1H3. The molecule has 0 saturated heterocycles. The maximum atomic E-state index is 4.71. The van der Waals surface area contributed by atoms with Crippen LogP contribution in [0, 0.1) is 0 Å². The summed E-state index contributed by atoms with van der Waals surface area (Å²) in [5.74, 6) is 0. The average Bonchev–Trinajstić information content (AvgIpc) is 2.84. The van der Waals surface area contributed by atoms with Gasteiger partial charge in [0.25, 0.3) is 0 Å². The Hall–Kier alpha value is -0.480. The van der Waals surface area contributed by atoms with Crippen LogP contribution in [0.1, 0.15) is 50.3 Å². The molecule has 2 saturated carbocycles. The lowest BCUT2D eigenvalue weighted by molar-refractivity contribution is 0.460. The molecule has 2 aliphatic rings. The van der Waals surface area contributed by atoms with E-state index in [1.54, 1.807) is 0 Å². The molecule has 0 spiro atoms. The first-order chi connectivity index (χ1) is 8.81. The van der Waals surface area contributed by atoms with Crippen LogP contribution in [-0.2, 0) is 6.54 Å². The second-order valence-corrected chi connectivity index (χ2v) is 6.99. The van der Waals surface area contributed by atoms with Crippen LogP contribution in [0.3, 0.4) is 0 Å². The van der Waals surface area contributed by atoms with E-state index < -0.39 is 0 Å².